The van der Waals surface area contributed by atoms with Crippen LogP contribution in [0.3, 0.4) is 0 Å². The van der Waals surface area contributed by atoms with Gasteiger partial charge in [0.15, 0.2) is 17.3 Å². The molecule has 12 nitrogen and oxygen atoms in total. The summed E-state index contributed by atoms with van der Waals surface area (Å²) in [6.07, 6.45) is 1.87. The fraction of sp³-hybridized carbons (Fsp3) is 0.308. The Morgan fingerprint density at radius 3 is 1.71 bits per heavy atom. The zero-order valence-corrected chi connectivity index (χ0v) is 30.6. The Hall–Kier alpha value is -5.82. The number of phenols is 1. The smallest absolute Gasteiger partial charge is 0.356 e. The number of ketones is 1. The highest BCUT2D eigenvalue weighted by Gasteiger charge is 2.48. The number of esters is 3. The molecule has 13 heteroatoms. The van der Waals surface area contributed by atoms with Crippen LogP contribution in [0, 0.1) is 68.1 Å². The van der Waals surface area contributed by atoms with E-state index in [1.165, 1.54) is 26.8 Å². The fourth-order valence-corrected chi connectivity index (χ4v) is 6.22. The number of aliphatic hydroxyl groups is 1. The first-order valence-electron chi connectivity index (χ1n) is 15.9. The van der Waals surface area contributed by atoms with Crippen molar-refractivity contribution in [1.82, 2.24) is 0 Å². The number of hydrogen-bond acceptors (Lipinski definition) is 11. The van der Waals surface area contributed by atoms with Crippen LogP contribution in [0.4, 0.5) is 4.39 Å². The first-order chi connectivity index (χ1) is 24.1. The molecule has 3 aromatic carbocycles. The van der Waals surface area contributed by atoms with Gasteiger partial charge in [0.1, 0.15) is 22.8 Å². The number of aryl methyl sites for hydroxylation is 1. The van der Waals surface area contributed by atoms with Crippen molar-refractivity contribution in [2.45, 2.75) is 74.8 Å². The second-order valence-corrected chi connectivity index (χ2v) is 12.8. The van der Waals surface area contributed by atoms with E-state index in [9.17, 15) is 39.3 Å². The number of hydrogen-bond donors (Lipinski definition) is 3. The molecule has 274 valence electrons. The van der Waals surface area contributed by atoms with Crippen LogP contribution in [0.2, 0.25) is 0 Å². The maximum atomic E-state index is 15.7. The van der Waals surface area contributed by atoms with E-state index < -0.39 is 63.9 Å². The Morgan fingerprint density at radius 1 is 0.673 bits per heavy atom. The number of allylic oxidation sites excluding steroid dienone is 2. The maximum absolute atomic E-state index is 15.7. The number of carboxylic acids is 1. The topological polar surface area (TPSA) is 183 Å². The van der Waals surface area contributed by atoms with Crippen LogP contribution in [-0.4, -0.2) is 57.7 Å². The van der Waals surface area contributed by atoms with Crippen molar-refractivity contribution in [2.24, 2.45) is 0 Å². The number of ether oxygens (including phenoxy) is 4. The van der Waals surface area contributed by atoms with Crippen molar-refractivity contribution in [1.29, 1.82) is 0 Å². The van der Waals surface area contributed by atoms with E-state index in [0.29, 0.717) is 38.9 Å². The number of carbonyl (C=O) groups is 5. The predicted octanol–water partition coefficient (Wildman–Crippen LogP) is 6.14. The van der Waals surface area contributed by atoms with Crippen molar-refractivity contribution < 1.29 is 62.6 Å². The van der Waals surface area contributed by atoms with Crippen LogP contribution >= 0.6 is 0 Å². The molecule has 1 atom stereocenters. The van der Waals surface area contributed by atoms with Crippen LogP contribution in [0.25, 0.3) is 0 Å². The Morgan fingerprint density at radius 2 is 1.17 bits per heavy atom. The lowest BCUT2D eigenvalue weighted by Gasteiger charge is -2.30. The molecule has 3 aromatic rings. The van der Waals surface area contributed by atoms with Gasteiger partial charge in [0.2, 0.25) is 11.4 Å². The molecular weight excluding hydrogens is 679 g/mol. The van der Waals surface area contributed by atoms with Gasteiger partial charge in [-0.3, -0.25) is 4.79 Å². The number of rotatable bonds is 8. The molecule has 0 aliphatic heterocycles. The van der Waals surface area contributed by atoms with Crippen LogP contribution in [0.15, 0.2) is 29.6 Å². The highest BCUT2D eigenvalue weighted by molar-refractivity contribution is 6.06. The lowest BCUT2D eigenvalue weighted by atomic mass is 9.87. The SMILES string of the molecule is COC1=CC(=O)C=C(C)[C@]1(O)C(=O)Oc1c(C)c(C)c(C(=O)Oc2cc(C)c(C(=O)Oc3c(C)c(C)c(C(=O)O)c(C)c3C)c(C)c2C)c(O)c1F. The first-order valence-corrected chi connectivity index (χ1v) is 15.9. The molecule has 0 aromatic heterocycles. The molecule has 0 fully saturated rings. The molecule has 1 aliphatic rings. The summed E-state index contributed by atoms with van der Waals surface area (Å²) < 4.78 is 37.4. The summed E-state index contributed by atoms with van der Waals surface area (Å²) in [4.78, 5) is 64.0. The third-order valence-electron chi connectivity index (χ3n) is 9.82. The lowest BCUT2D eigenvalue weighted by Crippen LogP contribution is -2.47. The van der Waals surface area contributed by atoms with Gasteiger partial charge in [-0.1, -0.05) is 0 Å². The average molecular weight is 719 g/mol. The molecule has 1 aliphatic carbocycles. The van der Waals surface area contributed by atoms with Gasteiger partial charge in [-0.15, -0.1) is 0 Å². The molecule has 52 heavy (non-hydrogen) atoms. The van der Waals surface area contributed by atoms with Gasteiger partial charge < -0.3 is 34.3 Å². The van der Waals surface area contributed by atoms with Gasteiger partial charge in [0.05, 0.1) is 18.2 Å². The Balaban J connectivity index is 1.66. The Labute approximate surface area is 299 Å². The summed E-state index contributed by atoms with van der Waals surface area (Å²) >= 11 is 0. The number of aromatic hydroxyl groups is 1. The highest BCUT2D eigenvalue weighted by Crippen LogP contribution is 2.40. The molecule has 0 heterocycles. The minimum Gasteiger partial charge on any atom is -0.504 e. The monoisotopic (exact) mass is 718 g/mol. The Bertz CT molecular complexity index is 2130. The summed E-state index contributed by atoms with van der Waals surface area (Å²) in [6.45, 7) is 15.4. The molecule has 3 N–H and O–H groups in total. The molecule has 0 unspecified atom stereocenters. The van der Waals surface area contributed by atoms with E-state index >= 15 is 4.39 Å². The second kappa shape index (κ2) is 14.1. The minimum atomic E-state index is -2.57. The molecular formula is C39H39FO12. The minimum absolute atomic E-state index is 0.00369. The van der Waals surface area contributed by atoms with Crippen LogP contribution in [0.5, 0.6) is 23.0 Å². The van der Waals surface area contributed by atoms with E-state index in [1.54, 1.807) is 48.5 Å². The first kappa shape index (κ1) is 39.0. The number of phenolic OH excluding ortho intramolecular Hbond substituents is 1. The lowest BCUT2D eigenvalue weighted by molar-refractivity contribution is -0.151. The summed E-state index contributed by atoms with van der Waals surface area (Å²) in [5.41, 5.74) is -0.0122. The van der Waals surface area contributed by atoms with E-state index in [2.05, 4.69) is 0 Å². The standard InChI is InChI=1S/C39H39FO12/c1-15-12-26(17(3)18(4)28(15)36(45)51-33-22(8)19(5)29(35(43)44)20(6)23(33)9)50-37(46)30-21(7)24(10)34(31(40)32(30)42)52-38(47)39(48)16(2)13-25(41)14-27(39)49-11/h12-14,42,48H,1-11H3,(H,43,44)/t39-/m1/s1. The zero-order chi connectivity index (χ0) is 39.3. The molecule has 0 saturated heterocycles. The third kappa shape index (κ3) is 6.32. The largest absolute Gasteiger partial charge is 0.504 e. The molecule has 0 amide bonds. The van der Waals surface area contributed by atoms with Crippen molar-refractivity contribution in [3.8, 4) is 23.0 Å². The zero-order valence-electron chi connectivity index (χ0n) is 30.6. The van der Waals surface area contributed by atoms with E-state index in [1.807, 2.05) is 0 Å². The van der Waals surface area contributed by atoms with Gasteiger partial charge in [-0.25, -0.2) is 19.2 Å². The van der Waals surface area contributed by atoms with Crippen molar-refractivity contribution >= 4 is 29.7 Å². The normalized spacial score (nSPS) is 15.4. The van der Waals surface area contributed by atoms with Crippen molar-refractivity contribution in [3.05, 3.63) is 102 Å². The van der Waals surface area contributed by atoms with Gasteiger partial charge in [-0.05, 0) is 137 Å². The van der Waals surface area contributed by atoms with Crippen molar-refractivity contribution in [2.75, 3.05) is 7.11 Å². The summed E-state index contributed by atoms with van der Waals surface area (Å²) in [5, 5.41) is 31.7. The summed E-state index contributed by atoms with van der Waals surface area (Å²) in [6, 6.07) is 1.42. The van der Waals surface area contributed by atoms with Gasteiger partial charge in [0, 0.05) is 6.08 Å². The number of halogens is 1. The van der Waals surface area contributed by atoms with Crippen LogP contribution in [0.1, 0.15) is 88.1 Å². The van der Waals surface area contributed by atoms with Gasteiger partial charge >= 0.3 is 23.9 Å². The second-order valence-electron chi connectivity index (χ2n) is 12.8. The predicted molar refractivity (Wildman–Crippen MR) is 185 cm³/mol. The van der Waals surface area contributed by atoms with Gasteiger partial charge in [0.25, 0.3) is 0 Å². The van der Waals surface area contributed by atoms with Crippen molar-refractivity contribution in [3.63, 3.8) is 0 Å². The fourth-order valence-electron chi connectivity index (χ4n) is 6.22. The molecule has 4 rings (SSSR count). The van der Waals surface area contributed by atoms with Crippen LogP contribution < -0.4 is 14.2 Å². The number of aromatic carboxylic acids is 1. The van der Waals surface area contributed by atoms with Crippen LogP contribution in [-0.2, 0) is 14.3 Å². The summed E-state index contributed by atoms with van der Waals surface area (Å²) in [7, 11) is 1.12. The van der Waals surface area contributed by atoms with E-state index in [4.69, 9.17) is 18.9 Å². The maximum Gasteiger partial charge on any atom is 0.356 e. The highest BCUT2D eigenvalue weighted by atomic mass is 19.1. The third-order valence-corrected chi connectivity index (χ3v) is 9.82. The molecule has 0 spiro atoms. The molecule has 0 radical (unpaired) electrons. The number of carboxylic acid groups (broad SMARTS) is 1. The summed E-state index contributed by atoms with van der Waals surface area (Å²) in [5.74, 6) is -8.61. The quantitative estimate of drug-likeness (QED) is 0.179. The molecule has 0 bridgehead atoms. The van der Waals surface area contributed by atoms with E-state index in [-0.39, 0.29) is 39.3 Å². The Kier molecular flexibility index (Phi) is 10.5. The number of benzene rings is 3. The average Bonchev–Trinajstić information content (AvgIpc) is 3.07. The van der Waals surface area contributed by atoms with E-state index in [0.717, 1.165) is 19.3 Å². The number of methoxy groups -OCH3 is 1. The molecule has 0 saturated carbocycles. The van der Waals surface area contributed by atoms with Gasteiger partial charge in [-0.2, -0.15) is 4.39 Å². The number of carbonyl (C=O) groups excluding carboxylic acids is 4.